The van der Waals surface area contributed by atoms with Gasteiger partial charge in [0.25, 0.3) is 0 Å². The van der Waals surface area contributed by atoms with Crippen molar-refractivity contribution in [3.63, 3.8) is 0 Å². The summed E-state index contributed by atoms with van der Waals surface area (Å²) in [7, 11) is 1.79. The third-order valence-electron chi connectivity index (χ3n) is 1.26. The number of nitrogens with zero attached hydrogens (tertiary/aromatic N) is 3. The number of aryl methyl sites for hydroxylation is 2. The van der Waals surface area contributed by atoms with Crippen LogP contribution in [0, 0.1) is 18.3 Å². The molecule has 1 aromatic heterocycles. The third kappa shape index (κ3) is 0.929. The van der Waals surface area contributed by atoms with Gasteiger partial charge in [-0.05, 0) is 22.9 Å². The first-order valence-corrected chi connectivity index (χ1v) is 3.55. The van der Waals surface area contributed by atoms with Gasteiger partial charge in [-0.2, -0.15) is 10.4 Å². The highest BCUT2D eigenvalue weighted by molar-refractivity contribution is 9.10. The van der Waals surface area contributed by atoms with E-state index in [1.165, 1.54) is 0 Å². The Labute approximate surface area is 67.4 Å². The van der Waals surface area contributed by atoms with Crippen LogP contribution in [-0.2, 0) is 7.05 Å². The van der Waals surface area contributed by atoms with Crippen LogP contribution >= 0.6 is 15.9 Å². The Kier molecular flexibility index (Phi) is 1.77. The van der Waals surface area contributed by atoms with Crippen LogP contribution in [0.15, 0.2) is 4.60 Å². The molecule has 0 unspecified atom stereocenters. The molecule has 0 aliphatic heterocycles. The second-order valence-electron chi connectivity index (χ2n) is 1.99. The van der Waals surface area contributed by atoms with E-state index in [1.54, 1.807) is 11.7 Å². The quantitative estimate of drug-likeness (QED) is 0.634. The highest BCUT2D eigenvalue weighted by Crippen LogP contribution is 2.17. The first kappa shape index (κ1) is 7.29. The van der Waals surface area contributed by atoms with Crippen molar-refractivity contribution in [3.05, 3.63) is 15.9 Å². The first-order valence-electron chi connectivity index (χ1n) is 2.76. The summed E-state index contributed by atoms with van der Waals surface area (Å²) < 4.78 is 2.38. The number of hydrogen-bond acceptors (Lipinski definition) is 2. The number of aromatic nitrogens is 2. The van der Waals surface area contributed by atoms with E-state index in [9.17, 15) is 0 Å². The van der Waals surface area contributed by atoms with E-state index in [2.05, 4.69) is 27.1 Å². The molecule has 1 heterocycles. The fourth-order valence-corrected chi connectivity index (χ4v) is 1.21. The second kappa shape index (κ2) is 2.43. The van der Waals surface area contributed by atoms with Crippen molar-refractivity contribution >= 4 is 15.9 Å². The Morgan fingerprint density at radius 3 is 2.50 bits per heavy atom. The van der Waals surface area contributed by atoms with Gasteiger partial charge in [-0.1, -0.05) is 0 Å². The van der Waals surface area contributed by atoms with Crippen LogP contribution in [0.1, 0.15) is 11.3 Å². The van der Waals surface area contributed by atoms with Crippen molar-refractivity contribution < 1.29 is 0 Å². The average molecular weight is 200 g/mol. The highest BCUT2D eigenvalue weighted by Gasteiger charge is 2.08. The second-order valence-corrected chi connectivity index (χ2v) is 2.74. The normalized spacial score (nSPS) is 9.40. The van der Waals surface area contributed by atoms with Crippen LogP contribution in [0.5, 0.6) is 0 Å². The van der Waals surface area contributed by atoms with Crippen molar-refractivity contribution in [3.8, 4) is 6.07 Å². The molecule has 0 bridgehead atoms. The standard InChI is InChI=1S/C6H6BrN3/c1-4-5(3-8)6(7)10(2)9-4/h1-2H3. The molecule has 4 heteroatoms. The summed E-state index contributed by atoms with van der Waals surface area (Å²) in [4.78, 5) is 0. The van der Waals surface area contributed by atoms with Crippen molar-refractivity contribution in [2.45, 2.75) is 6.92 Å². The topological polar surface area (TPSA) is 41.6 Å². The molecular weight excluding hydrogens is 194 g/mol. The molecule has 0 spiro atoms. The van der Waals surface area contributed by atoms with Crippen LogP contribution in [0.2, 0.25) is 0 Å². The van der Waals surface area contributed by atoms with E-state index < -0.39 is 0 Å². The van der Waals surface area contributed by atoms with Gasteiger partial charge in [0.05, 0.1) is 5.69 Å². The molecule has 10 heavy (non-hydrogen) atoms. The van der Waals surface area contributed by atoms with E-state index in [0.717, 1.165) is 10.3 Å². The summed E-state index contributed by atoms with van der Waals surface area (Å²) in [5, 5.41) is 12.6. The van der Waals surface area contributed by atoms with Gasteiger partial charge in [0.15, 0.2) is 0 Å². The lowest BCUT2D eigenvalue weighted by molar-refractivity contribution is 0.740. The summed E-state index contributed by atoms with van der Waals surface area (Å²) in [6.45, 7) is 1.81. The number of nitriles is 1. The van der Waals surface area contributed by atoms with E-state index in [-0.39, 0.29) is 0 Å². The maximum Gasteiger partial charge on any atom is 0.121 e. The van der Waals surface area contributed by atoms with Gasteiger partial charge in [0, 0.05) is 7.05 Å². The van der Waals surface area contributed by atoms with E-state index in [4.69, 9.17) is 5.26 Å². The third-order valence-corrected chi connectivity index (χ3v) is 2.17. The lowest BCUT2D eigenvalue weighted by atomic mass is 10.3. The Morgan fingerprint density at radius 1 is 1.70 bits per heavy atom. The monoisotopic (exact) mass is 199 g/mol. The zero-order chi connectivity index (χ0) is 7.72. The Hall–Kier alpha value is -0.820. The summed E-state index contributed by atoms with van der Waals surface area (Å²) in [6.07, 6.45) is 0. The van der Waals surface area contributed by atoms with Crippen molar-refractivity contribution in [1.29, 1.82) is 5.26 Å². The Morgan fingerprint density at radius 2 is 2.30 bits per heavy atom. The van der Waals surface area contributed by atoms with E-state index >= 15 is 0 Å². The molecule has 0 N–H and O–H groups in total. The molecule has 0 saturated heterocycles. The zero-order valence-corrected chi connectivity index (χ0v) is 7.31. The summed E-state index contributed by atoms with van der Waals surface area (Å²) >= 11 is 3.24. The predicted molar refractivity (Wildman–Crippen MR) is 40.4 cm³/mol. The van der Waals surface area contributed by atoms with Gasteiger partial charge in [0.2, 0.25) is 0 Å². The minimum atomic E-state index is 0.613. The van der Waals surface area contributed by atoms with Gasteiger partial charge in [-0.3, -0.25) is 4.68 Å². The fourth-order valence-electron chi connectivity index (χ4n) is 0.757. The predicted octanol–water partition coefficient (Wildman–Crippen LogP) is 1.36. The smallest absolute Gasteiger partial charge is 0.121 e. The fraction of sp³-hybridized carbons (Fsp3) is 0.333. The molecule has 0 aromatic carbocycles. The van der Waals surface area contributed by atoms with Gasteiger partial charge in [-0.15, -0.1) is 0 Å². The largest absolute Gasteiger partial charge is 0.260 e. The van der Waals surface area contributed by atoms with Gasteiger partial charge in [0.1, 0.15) is 16.2 Å². The maximum atomic E-state index is 8.58. The molecular formula is C6H6BrN3. The molecule has 0 aliphatic rings. The first-order chi connectivity index (χ1) is 4.66. The minimum Gasteiger partial charge on any atom is -0.260 e. The van der Waals surface area contributed by atoms with Gasteiger partial charge in [-0.25, -0.2) is 0 Å². The SMILES string of the molecule is Cc1nn(C)c(Br)c1C#N. The Bertz CT molecular complexity index is 295. The Balaban J connectivity index is 3.37. The lowest BCUT2D eigenvalue weighted by Crippen LogP contribution is -1.89. The summed E-state index contributed by atoms with van der Waals surface area (Å²) in [6, 6.07) is 2.05. The van der Waals surface area contributed by atoms with E-state index in [1.807, 2.05) is 6.92 Å². The van der Waals surface area contributed by atoms with Crippen molar-refractivity contribution in [2.75, 3.05) is 0 Å². The molecule has 0 saturated carbocycles. The van der Waals surface area contributed by atoms with Crippen LogP contribution in [0.4, 0.5) is 0 Å². The molecule has 3 nitrogen and oxygen atoms in total. The van der Waals surface area contributed by atoms with E-state index in [0.29, 0.717) is 5.56 Å². The molecule has 0 aliphatic carbocycles. The molecule has 1 rings (SSSR count). The van der Waals surface area contributed by atoms with Crippen molar-refractivity contribution in [1.82, 2.24) is 9.78 Å². The van der Waals surface area contributed by atoms with Crippen LogP contribution in [-0.4, -0.2) is 9.78 Å². The van der Waals surface area contributed by atoms with Crippen LogP contribution in [0.3, 0.4) is 0 Å². The minimum absolute atomic E-state index is 0.613. The molecule has 0 radical (unpaired) electrons. The van der Waals surface area contributed by atoms with Gasteiger partial charge < -0.3 is 0 Å². The summed E-state index contributed by atoms with van der Waals surface area (Å²) in [5.41, 5.74) is 1.37. The van der Waals surface area contributed by atoms with Crippen molar-refractivity contribution in [2.24, 2.45) is 7.05 Å². The number of rotatable bonds is 0. The molecule has 52 valence electrons. The molecule has 0 atom stereocenters. The average Bonchev–Trinajstić information content (AvgIpc) is 2.09. The lowest BCUT2D eigenvalue weighted by Gasteiger charge is -1.87. The molecule has 0 amide bonds. The molecule has 0 fully saturated rings. The van der Waals surface area contributed by atoms with Gasteiger partial charge >= 0.3 is 0 Å². The number of halogens is 1. The molecule has 1 aromatic rings. The summed E-state index contributed by atoms with van der Waals surface area (Å²) in [5.74, 6) is 0. The zero-order valence-electron chi connectivity index (χ0n) is 5.72. The highest BCUT2D eigenvalue weighted by atomic mass is 79.9. The van der Waals surface area contributed by atoms with Crippen LogP contribution in [0.25, 0.3) is 0 Å². The maximum absolute atomic E-state index is 8.58. The number of hydrogen-bond donors (Lipinski definition) is 0. The van der Waals surface area contributed by atoms with Crippen LogP contribution < -0.4 is 0 Å².